The SMILES string of the molecule is Fc1ccc(-c2cc(-c3c(-c4ccccc4)[nH]c4ccccc34)n(-c3ccccc3)n2)c(Cl)c1. The van der Waals surface area contributed by atoms with Gasteiger partial charge in [-0.3, -0.25) is 0 Å². The summed E-state index contributed by atoms with van der Waals surface area (Å²) >= 11 is 6.42. The van der Waals surface area contributed by atoms with Crippen molar-refractivity contribution >= 4 is 22.5 Å². The summed E-state index contributed by atoms with van der Waals surface area (Å²) in [7, 11) is 0. The Morgan fingerprint density at radius 1 is 0.765 bits per heavy atom. The normalized spacial score (nSPS) is 11.2. The molecule has 1 N–H and O–H groups in total. The summed E-state index contributed by atoms with van der Waals surface area (Å²) in [5.74, 6) is -0.376. The highest BCUT2D eigenvalue weighted by atomic mass is 35.5. The molecule has 6 aromatic rings. The van der Waals surface area contributed by atoms with Crippen LogP contribution in [-0.2, 0) is 0 Å². The van der Waals surface area contributed by atoms with E-state index >= 15 is 0 Å². The van der Waals surface area contributed by atoms with E-state index in [1.807, 2.05) is 71.4 Å². The Labute approximate surface area is 201 Å². The zero-order chi connectivity index (χ0) is 23.1. The van der Waals surface area contributed by atoms with E-state index in [4.69, 9.17) is 16.7 Å². The quantitative estimate of drug-likeness (QED) is 0.281. The van der Waals surface area contributed by atoms with Crippen LogP contribution in [0.5, 0.6) is 0 Å². The Kier molecular flexibility index (Phi) is 5.01. The van der Waals surface area contributed by atoms with Gasteiger partial charge in [-0.2, -0.15) is 5.10 Å². The minimum atomic E-state index is -0.376. The number of para-hydroxylation sites is 2. The average molecular weight is 464 g/mol. The van der Waals surface area contributed by atoms with Crippen molar-refractivity contribution in [1.82, 2.24) is 14.8 Å². The number of hydrogen-bond acceptors (Lipinski definition) is 1. The number of aromatic amines is 1. The van der Waals surface area contributed by atoms with Crippen molar-refractivity contribution in [3.8, 4) is 39.5 Å². The van der Waals surface area contributed by atoms with Gasteiger partial charge in [0, 0.05) is 22.0 Å². The first-order chi connectivity index (χ1) is 16.7. The van der Waals surface area contributed by atoms with Crippen LogP contribution >= 0.6 is 11.6 Å². The molecule has 34 heavy (non-hydrogen) atoms. The van der Waals surface area contributed by atoms with Crippen molar-refractivity contribution in [2.45, 2.75) is 0 Å². The zero-order valence-electron chi connectivity index (χ0n) is 18.0. The summed E-state index contributed by atoms with van der Waals surface area (Å²) in [6, 6.07) is 34.9. The van der Waals surface area contributed by atoms with Crippen LogP contribution in [0.4, 0.5) is 4.39 Å². The summed E-state index contributed by atoms with van der Waals surface area (Å²) < 4.78 is 15.7. The second-order valence-electron chi connectivity index (χ2n) is 8.07. The van der Waals surface area contributed by atoms with Gasteiger partial charge in [0.25, 0.3) is 0 Å². The van der Waals surface area contributed by atoms with Crippen molar-refractivity contribution < 1.29 is 4.39 Å². The predicted octanol–water partition coefficient (Wildman–Crippen LogP) is 8.15. The lowest BCUT2D eigenvalue weighted by molar-refractivity contribution is 0.628. The first-order valence-electron chi connectivity index (χ1n) is 11.0. The van der Waals surface area contributed by atoms with Gasteiger partial charge in [-0.15, -0.1) is 0 Å². The van der Waals surface area contributed by atoms with Crippen LogP contribution in [0.15, 0.2) is 109 Å². The lowest BCUT2D eigenvalue weighted by atomic mass is 10.0. The van der Waals surface area contributed by atoms with Crippen LogP contribution < -0.4 is 0 Å². The van der Waals surface area contributed by atoms with Crippen LogP contribution in [0.1, 0.15) is 0 Å². The Morgan fingerprint density at radius 2 is 1.47 bits per heavy atom. The minimum Gasteiger partial charge on any atom is -0.354 e. The first-order valence-corrected chi connectivity index (χ1v) is 11.3. The standard InChI is InChI=1S/C29H19ClFN3/c30-24-17-20(31)15-16-22(24)26-18-27(34(33-26)21-11-5-2-6-12-21)28-23-13-7-8-14-25(23)32-29(28)19-9-3-1-4-10-19/h1-18,32H. The monoisotopic (exact) mass is 463 g/mol. The van der Waals surface area contributed by atoms with Crippen LogP contribution in [0.3, 0.4) is 0 Å². The molecule has 0 atom stereocenters. The Bertz CT molecular complexity index is 1620. The maximum atomic E-state index is 13.7. The van der Waals surface area contributed by atoms with Crippen molar-refractivity contribution in [3.63, 3.8) is 0 Å². The molecule has 3 nitrogen and oxygen atoms in total. The van der Waals surface area contributed by atoms with Crippen LogP contribution in [0, 0.1) is 5.82 Å². The molecular weight excluding hydrogens is 445 g/mol. The smallest absolute Gasteiger partial charge is 0.124 e. The highest BCUT2D eigenvalue weighted by Gasteiger charge is 2.22. The van der Waals surface area contributed by atoms with Gasteiger partial charge in [0.05, 0.1) is 27.8 Å². The van der Waals surface area contributed by atoms with Gasteiger partial charge >= 0.3 is 0 Å². The van der Waals surface area contributed by atoms with Crippen LogP contribution in [0.25, 0.3) is 50.4 Å². The molecule has 0 saturated carbocycles. The number of fused-ring (bicyclic) bond motifs is 1. The Hall–Kier alpha value is -4.15. The molecule has 6 rings (SSSR count). The second-order valence-corrected chi connectivity index (χ2v) is 8.48. The van der Waals surface area contributed by atoms with Gasteiger partial charge in [0.2, 0.25) is 0 Å². The fraction of sp³-hybridized carbons (Fsp3) is 0. The number of nitrogens with zero attached hydrogens (tertiary/aromatic N) is 2. The minimum absolute atomic E-state index is 0.325. The fourth-order valence-corrected chi connectivity index (χ4v) is 4.65. The number of benzene rings is 4. The highest BCUT2D eigenvalue weighted by Crippen LogP contribution is 2.41. The lowest BCUT2D eigenvalue weighted by Gasteiger charge is -2.09. The van der Waals surface area contributed by atoms with E-state index in [0.29, 0.717) is 16.3 Å². The topological polar surface area (TPSA) is 33.6 Å². The van der Waals surface area contributed by atoms with E-state index in [2.05, 4.69) is 29.2 Å². The van der Waals surface area contributed by atoms with E-state index in [-0.39, 0.29) is 5.82 Å². The summed E-state index contributed by atoms with van der Waals surface area (Å²) in [5.41, 5.74) is 7.37. The third-order valence-corrected chi connectivity index (χ3v) is 6.25. The number of hydrogen-bond donors (Lipinski definition) is 1. The van der Waals surface area contributed by atoms with Gasteiger partial charge in [-0.05, 0) is 48.0 Å². The molecule has 2 heterocycles. The number of H-pyrrole nitrogens is 1. The Morgan fingerprint density at radius 3 is 2.24 bits per heavy atom. The van der Waals surface area contributed by atoms with E-state index in [1.54, 1.807) is 6.07 Å². The Balaban J connectivity index is 1.67. The molecule has 164 valence electrons. The van der Waals surface area contributed by atoms with Crippen molar-refractivity contribution in [3.05, 3.63) is 120 Å². The predicted molar refractivity (Wildman–Crippen MR) is 137 cm³/mol. The van der Waals surface area contributed by atoms with E-state index in [9.17, 15) is 4.39 Å². The van der Waals surface area contributed by atoms with Crippen LogP contribution in [0.2, 0.25) is 5.02 Å². The maximum Gasteiger partial charge on any atom is 0.124 e. The molecule has 0 bridgehead atoms. The number of halogens is 2. The molecule has 0 aliphatic rings. The summed E-state index contributed by atoms with van der Waals surface area (Å²) in [6.07, 6.45) is 0. The highest BCUT2D eigenvalue weighted by molar-refractivity contribution is 6.33. The number of aromatic nitrogens is 3. The molecule has 0 fully saturated rings. The van der Waals surface area contributed by atoms with Crippen molar-refractivity contribution in [2.24, 2.45) is 0 Å². The first kappa shape index (κ1) is 20.5. The van der Waals surface area contributed by atoms with Crippen LogP contribution in [-0.4, -0.2) is 14.8 Å². The maximum absolute atomic E-state index is 13.7. The van der Waals surface area contributed by atoms with Gasteiger partial charge < -0.3 is 4.98 Å². The third-order valence-electron chi connectivity index (χ3n) is 5.94. The molecule has 0 radical (unpaired) electrons. The molecule has 0 amide bonds. The molecule has 0 aliphatic heterocycles. The van der Waals surface area contributed by atoms with Gasteiger partial charge in [-0.1, -0.05) is 78.3 Å². The number of rotatable bonds is 4. The summed E-state index contributed by atoms with van der Waals surface area (Å²) in [6.45, 7) is 0. The molecular formula is C29H19ClFN3. The fourth-order valence-electron chi connectivity index (χ4n) is 4.38. The van der Waals surface area contributed by atoms with Gasteiger partial charge in [0.1, 0.15) is 5.82 Å². The van der Waals surface area contributed by atoms with E-state index in [1.165, 1.54) is 12.1 Å². The zero-order valence-corrected chi connectivity index (χ0v) is 18.8. The van der Waals surface area contributed by atoms with Crippen molar-refractivity contribution in [1.29, 1.82) is 0 Å². The van der Waals surface area contributed by atoms with E-state index in [0.717, 1.165) is 39.1 Å². The molecule has 4 aromatic carbocycles. The third kappa shape index (κ3) is 3.49. The summed E-state index contributed by atoms with van der Waals surface area (Å²) in [4.78, 5) is 3.61. The molecule has 0 spiro atoms. The van der Waals surface area contributed by atoms with Gasteiger partial charge in [-0.25, -0.2) is 9.07 Å². The average Bonchev–Trinajstić information content (AvgIpc) is 3.47. The molecule has 0 unspecified atom stereocenters. The lowest BCUT2D eigenvalue weighted by Crippen LogP contribution is -1.99. The number of nitrogens with one attached hydrogen (secondary N) is 1. The van der Waals surface area contributed by atoms with Gasteiger partial charge in [0.15, 0.2) is 0 Å². The molecule has 5 heteroatoms. The van der Waals surface area contributed by atoms with Crippen molar-refractivity contribution in [2.75, 3.05) is 0 Å². The van der Waals surface area contributed by atoms with E-state index < -0.39 is 0 Å². The second kappa shape index (κ2) is 8.32. The summed E-state index contributed by atoms with van der Waals surface area (Å²) in [5, 5.41) is 6.35. The molecule has 2 aromatic heterocycles. The largest absolute Gasteiger partial charge is 0.354 e. The molecule has 0 saturated heterocycles. The molecule has 0 aliphatic carbocycles.